The van der Waals surface area contributed by atoms with Gasteiger partial charge in [0.25, 0.3) is 0 Å². The zero-order chi connectivity index (χ0) is 16.7. The lowest BCUT2D eigenvalue weighted by atomic mass is 10.3. The zero-order valence-corrected chi connectivity index (χ0v) is 13.2. The largest absolute Gasteiger partial charge is 0.447 e. The Morgan fingerprint density at radius 3 is 2.78 bits per heavy atom. The standard InChI is InChI=1S/C15H20N4O4/c1-3-8-16-14(20)19-12-7-5-4-6-11(12)17-13(19)18-15(21)23-10-9-22-2/h4-7H,3,8-10H2,1-2H3,(H,16,20)(H,17,18,21). The predicted octanol–water partition coefficient (Wildman–Crippen LogP) is 2.20. The van der Waals surface area contributed by atoms with Crippen molar-refractivity contribution < 1.29 is 19.1 Å². The van der Waals surface area contributed by atoms with Crippen LogP contribution in [0.1, 0.15) is 13.3 Å². The van der Waals surface area contributed by atoms with Gasteiger partial charge in [-0.15, -0.1) is 0 Å². The van der Waals surface area contributed by atoms with E-state index in [2.05, 4.69) is 15.6 Å². The Morgan fingerprint density at radius 2 is 2.04 bits per heavy atom. The van der Waals surface area contributed by atoms with Gasteiger partial charge in [0.05, 0.1) is 17.6 Å². The van der Waals surface area contributed by atoms with Gasteiger partial charge in [-0.3, -0.25) is 5.32 Å². The molecular formula is C15H20N4O4. The summed E-state index contributed by atoms with van der Waals surface area (Å²) in [7, 11) is 1.51. The molecular weight excluding hydrogens is 300 g/mol. The van der Waals surface area contributed by atoms with Crippen molar-refractivity contribution in [3.05, 3.63) is 24.3 Å². The molecule has 0 saturated carbocycles. The van der Waals surface area contributed by atoms with Crippen molar-refractivity contribution in [2.45, 2.75) is 13.3 Å². The number of aromatic nitrogens is 2. The Morgan fingerprint density at radius 1 is 1.26 bits per heavy atom. The van der Waals surface area contributed by atoms with Crippen molar-refractivity contribution in [2.24, 2.45) is 0 Å². The molecule has 0 atom stereocenters. The normalized spacial score (nSPS) is 10.5. The third-order valence-electron chi connectivity index (χ3n) is 3.02. The highest BCUT2D eigenvalue weighted by atomic mass is 16.6. The molecule has 0 aliphatic carbocycles. The van der Waals surface area contributed by atoms with E-state index in [-0.39, 0.29) is 18.6 Å². The summed E-state index contributed by atoms with van der Waals surface area (Å²) in [5.41, 5.74) is 1.21. The van der Waals surface area contributed by atoms with Crippen LogP contribution >= 0.6 is 0 Å². The number of hydrogen-bond acceptors (Lipinski definition) is 5. The number of hydrogen-bond donors (Lipinski definition) is 2. The summed E-state index contributed by atoms with van der Waals surface area (Å²) < 4.78 is 11.1. The summed E-state index contributed by atoms with van der Waals surface area (Å²) in [5, 5.41) is 5.26. The van der Waals surface area contributed by atoms with Crippen LogP contribution in [0.25, 0.3) is 11.0 Å². The number of para-hydroxylation sites is 2. The Hall–Kier alpha value is -2.61. The first-order valence-electron chi connectivity index (χ1n) is 7.35. The SMILES string of the molecule is CCCNC(=O)n1c(NC(=O)OCCOC)nc2ccccc21. The Balaban J connectivity index is 2.23. The van der Waals surface area contributed by atoms with Gasteiger partial charge in [-0.05, 0) is 18.6 Å². The van der Waals surface area contributed by atoms with E-state index in [0.29, 0.717) is 24.2 Å². The number of fused-ring (bicyclic) bond motifs is 1. The fourth-order valence-corrected chi connectivity index (χ4v) is 1.97. The van der Waals surface area contributed by atoms with Crippen LogP contribution in [0.2, 0.25) is 0 Å². The number of carbonyl (C=O) groups is 2. The first kappa shape index (κ1) is 16.8. The molecule has 2 rings (SSSR count). The van der Waals surface area contributed by atoms with Crippen LogP contribution in [0, 0.1) is 0 Å². The molecule has 2 aromatic rings. The summed E-state index contributed by atoms with van der Waals surface area (Å²) in [6.45, 7) is 2.90. The van der Waals surface area contributed by atoms with Gasteiger partial charge in [-0.1, -0.05) is 19.1 Å². The number of methoxy groups -OCH3 is 1. The van der Waals surface area contributed by atoms with Crippen molar-refractivity contribution in [2.75, 3.05) is 32.2 Å². The van der Waals surface area contributed by atoms with Crippen LogP contribution in [-0.4, -0.2) is 48.5 Å². The lowest BCUT2D eigenvalue weighted by Gasteiger charge is -2.10. The molecule has 8 heteroatoms. The molecule has 124 valence electrons. The molecule has 0 unspecified atom stereocenters. The number of nitrogens with one attached hydrogen (secondary N) is 2. The number of rotatable bonds is 6. The molecule has 1 aromatic carbocycles. The average Bonchev–Trinajstić information content (AvgIpc) is 2.90. The second kappa shape index (κ2) is 8.14. The monoisotopic (exact) mass is 320 g/mol. The maximum Gasteiger partial charge on any atom is 0.414 e. The van der Waals surface area contributed by atoms with Crippen LogP contribution in [0.3, 0.4) is 0 Å². The molecule has 0 bridgehead atoms. The lowest BCUT2D eigenvalue weighted by molar-refractivity contribution is 0.107. The van der Waals surface area contributed by atoms with E-state index in [4.69, 9.17) is 9.47 Å². The topological polar surface area (TPSA) is 94.5 Å². The molecule has 0 fully saturated rings. The Labute approximate surface area is 133 Å². The molecule has 1 aromatic heterocycles. The van der Waals surface area contributed by atoms with Gasteiger partial charge in [0.1, 0.15) is 6.61 Å². The highest BCUT2D eigenvalue weighted by Gasteiger charge is 2.18. The van der Waals surface area contributed by atoms with Crippen LogP contribution in [0.4, 0.5) is 15.5 Å². The minimum Gasteiger partial charge on any atom is -0.447 e. The first-order chi connectivity index (χ1) is 11.2. The van der Waals surface area contributed by atoms with E-state index < -0.39 is 6.09 Å². The fraction of sp³-hybridized carbons (Fsp3) is 0.400. The quantitative estimate of drug-likeness (QED) is 0.796. The lowest BCUT2D eigenvalue weighted by Crippen LogP contribution is -2.31. The minimum atomic E-state index is -0.693. The van der Waals surface area contributed by atoms with E-state index in [1.165, 1.54) is 11.7 Å². The summed E-state index contributed by atoms with van der Waals surface area (Å²) in [6, 6.07) is 6.78. The third kappa shape index (κ3) is 4.19. The smallest absolute Gasteiger partial charge is 0.414 e. The molecule has 8 nitrogen and oxygen atoms in total. The number of ether oxygens (including phenoxy) is 2. The molecule has 0 saturated heterocycles. The van der Waals surface area contributed by atoms with E-state index in [1.54, 1.807) is 18.2 Å². The van der Waals surface area contributed by atoms with E-state index in [9.17, 15) is 9.59 Å². The molecule has 0 radical (unpaired) electrons. The molecule has 2 N–H and O–H groups in total. The molecule has 1 heterocycles. The number of imidazole rings is 1. The van der Waals surface area contributed by atoms with Gasteiger partial charge in [0, 0.05) is 13.7 Å². The van der Waals surface area contributed by atoms with E-state index in [0.717, 1.165) is 6.42 Å². The maximum atomic E-state index is 12.3. The highest BCUT2D eigenvalue weighted by Crippen LogP contribution is 2.19. The highest BCUT2D eigenvalue weighted by molar-refractivity contribution is 5.96. The van der Waals surface area contributed by atoms with Crippen LogP contribution < -0.4 is 10.6 Å². The number of anilines is 1. The van der Waals surface area contributed by atoms with Gasteiger partial charge < -0.3 is 14.8 Å². The molecule has 0 aliphatic rings. The number of carbonyl (C=O) groups excluding carboxylic acids is 2. The van der Waals surface area contributed by atoms with Gasteiger partial charge >= 0.3 is 12.1 Å². The summed E-state index contributed by atoms with van der Waals surface area (Å²) in [6.07, 6.45) is 0.113. The summed E-state index contributed by atoms with van der Waals surface area (Å²) >= 11 is 0. The summed E-state index contributed by atoms with van der Waals surface area (Å²) in [4.78, 5) is 28.4. The fourth-order valence-electron chi connectivity index (χ4n) is 1.97. The second-order valence-corrected chi connectivity index (χ2v) is 4.75. The predicted molar refractivity (Wildman–Crippen MR) is 85.7 cm³/mol. The zero-order valence-electron chi connectivity index (χ0n) is 13.2. The third-order valence-corrected chi connectivity index (χ3v) is 3.02. The van der Waals surface area contributed by atoms with Crippen LogP contribution in [0.15, 0.2) is 24.3 Å². The molecule has 23 heavy (non-hydrogen) atoms. The van der Waals surface area contributed by atoms with Gasteiger partial charge in [-0.2, -0.15) is 0 Å². The molecule has 0 aliphatic heterocycles. The Bertz CT molecular complexity index is 683. The summed E-state index contributed by atoms with van der Waals surface area (Å²) in [5.74, 6) is 0.113. The number of nitrogens with zero attached hydrogens (tertiary/aromatic N) is 2. The van der Waals surface area contributed by atoms with Crippen molar-refractivity contribution in [1.82, 2.24) is 14.9 Å². The number of amides is 2. The number of benzene rings is 1. The van der Waals surface area contributed by atoms with Crippen LogP contribution in [0.5, 0.6) is 0 Å². The first-order valence-corrected chi connectivity index (χ1v) is 7.35. The van der Waals surface area contributed by atoms with Crippen molar-refractivity contribution >= 4 is 29.1 Å². The van der Waals surface area contributed by atoms with E-state index in [1.807, 2.05) is 13.0 Å². The maximum absolute atomic E-state index is 12.3. The average molecular weight is 320 g/mol. The van der Waals surface area contributed by atoms with Crippen molar-refractivity contribution in [3.8, 4) is 0 Å². The van der Waals surface area contributed by atoms with Gasteiger partial charge in [-0.25, -0.2) is 19.1 Å². The van der Waals surface area contributed by atoms with E-state index >= 15 is 0 Å². The second-order valence-electron chi connectivity index (χ2n) is 4.75. The van der Waals surface area contributed by atoms with Crippen molar-refractivity contribution in [1.29, 1.82) is 0 Å². The van der Waals surface area contributed by atoms with Crippen molar-refractivity contribution in [3.63, 3.8) is 0 Å². The molecule has 0 spiro atoms. The molecule has 2 amide bonds. The van der Waals surface area contributed by atoms with Gasteiger partial charge in [0.15, 0.2) is 0 Å². The van der Waals surface area contributed by atoms with Crippen LogP contribution in [-0.2, 0) is 9.47 Å². The van der Waals surface area contributed by atoms with Gasteiger partial charge in [0.2, 0.25) is 5.95 Å². The Kier molecular flexibility index (Phi) is 5.93. The minimum absolute atomic E-state index is 0.113.